The fourth-order valence-electron chi connectivity index (χ4n) is 1.14. The topological polar surface area (TPSA) is 17.1 Å². The molecule has 2 rings (SSSR count). The van der Waals surface area contributed by atoms with Gasteiger partial charge in [0.05, 0.1) is 0 Å². The lowest BCUT2D eigenvalue weighted by atomic mass is 9.87. The summed E-state index contributed by atoms with van der Waals surface area (Å²) in [6, 6.07) is 5.37. The summed E-state index contributed by atoms with van der Waals surface area (Å²) in [6.45, 7) is 0. The highest BCUT2D eigenvalue weighted by Gasteiger charge is 2.22. The predicted octanol–water partition coefficient (Wildman–Crippen LogP) is 2.08. The maximum Gasteiger partial charge on any atom is 0.167 e. The van der Waals surface area contributed by atoms with Crippen LogP contribution in [0.3, 0.4) is 0 Å². The number of benzene rings is 1. The van der Waals surface area contributed by atoms with Crippen LogP contribution in [0.4, 0.5) is 0 Å². The Morgan fingerprint density at radius 1 is 1.40 bits per heavy atom. The van der Waals surface area contributed by atoms with Crippen molar-refractivity contribution in [3.05, 3.63) is 34.3 Å². The van der Waals surface area contributed by atoms with Gasteiger partial charge in [0.25, 0.3) is 0 Å². The molecule has 1 nitrogen and oxygen atoms in total. The first-order chi connectivity index (χ1) is 4.77. The zero-order chi connectivity index (χ0) is 7.14. The van der Waals surface area contributed by atoms with E-state index in [-0.39, 0.29) is 5.78 Å². The molecule has 0 saturated carbocycles. The van der Waals surface area contributed by atoms with Crippen LogP contribution < -0.4 is 0 Å². The van der Waals surface area contributed by atoms with Gasteiger partial charge in [0.1, 0.15) is 0 Å². The fourth-order valence-corrected chi connectivity index (χ4v) is 1.34. The van der Waals surface area contributed by atoms with E-state index in [4.69, 9.17) is 11.6 Å². The van der Waals surface area contributed by atoms with Crippen LogP contribution in [0, 0.1) is 0 Å². The number of halogens is 1. The van der Waals surface area contributed by atoms with Gasteiger partial charge < -0.3 is 0 Å². The van der Waals surface area contributed by atoms with Crippen molar-refractivity contribution in [2.24, 2.45) is 0 Å². The maximum absolute atomic E-state index is 10.8. The molecule has 0 bridgehead atoms. The molecule has 0 radical (unpaired) electrons. The zero-order valence-corrected chi connectivity index (χ0v) is 5.98. The van der Waals surface area contributed by atoms with Crippen molar-refractivity contribution in [1.82, 2.24) is 0 Å². The molecule has 0 fully saturated rings. The second kappa shape index (κ2) is 1.83. The maximum atomic E-state index is 10.8. The summed E-state index contributed by atoms with van der Waals surface area (Å²) in [4.78, 5) is 10.8. The molecule has 0 heterocycles. The normalized spacial score (nSPS) is 14.3. The van der Waals surface area contributed by atoms with E-state index in [2.05, 4.69) is 0 Å². The van der Waals surface area contributed by atoms with E-state index in [1.807, 2.05) is 6.07 Å². The van der Waals surface area contributed by atoms with Crippen LogP contribution >= 0.6 is 11.6 Å². The summed E-state index contributed by atoms with van der Waals surface area (Å²) in [5.74, 6) is 0.228. The molecular formula is C8H5ClO. The lowest BCUT2D eigenvalue weighted by Gasteiger charge is -2.15. The molecule has 50 valence electrons. The minimum Gasteiger partial charge on any atom is -0.294 e. The van der Waals surface area contributed by atoms with E-state index in [0.717, 1.165) is 11.1 Å². The van der Waals surface area contributed by atoms with E-state index in [1.54, 1.807) is 12.1 Å². The Kier molecular flexibility index (Phi) is 1.08. The number of hydrogen-bond donors (Lipinski definition) is 0. The summed E-state index contributed by atoms with van der Waals surface area (Å²) < 4.78 is 0. The Hall–Kier alpha value is -0.820. The minimum atomic E-state index is 0.228. The van der Waals surface area contributed by atoms with Crippen LogP contribution in [0.5, 0.6) is 0 Å². The highest BCUT2D eigenvalue weighted by Crippen LogP contribution is 2.25. The van der Waals surface area contributed by atoms with Crippen molar-refractivity contribution < 1.29 is 4.79 Å². The number of rotatable bonds is 0. The van der Waals surface area contributed by atoms with Gasteiger partial charge in [-0.25, -0.2) is 0 Å². The summed E-state index contributed by atoms with van der Waals surface area (Å²) >= 11 is 5.69. The molecule has 0 atom stereocenters. The van der Waals surface area contributed by atoms with E-state index in [1.165, 1.54) is 0 Å². The molecule has 1 aromatic rings. The fraction of sp³-hybridized carbons (Fsp3) is 0.125. The predicted molar refractivity (Wildman–Crippen MR) is 39.5 cm³/mol. The van der Waals surface area contributed by atoms with Gasteiger partial charge in [-0.3, -0.25) is 4.79 Å². The molecule has 1 aliphatic rings. The average molecular weight is 153 g/mol. The molecule has 0 saturated heterocycles. The van der Waals surface area contributed by atoms with Gasteiger partial charge in [0.15, 0.2) is 5.78 Å². The van der Waals surface area contributed by atoms with Crippen LogP contribution in [0.15, 0.2) is 18.2 Å². The van der Waals surface area contributed by atoms with Crippen molar-refractivity contribution in [3.8, 4) is 0 Å². The number of carbonyl (C=O) groups is 1. The monoisotopic (exact) mass is 152 g/mol. The SMILES string of the molecule is O=C1Cc2cc(Cl)ccc21. The molecule has 0 spiro atoms. The zero-order valence-electron chi connectivity index (χ0n) is 5.23. The number of carbonyl (C=O) groups excluding carboxylic acids is 1. The summed E-state index contributed by atoms with van der Waals surface area (Å²) in [5, 5.41) is 0.714. The molecular weight excluding hydrogens is 148 g/mol. The van der Waals surface area contributed by atoms with Crippen molar-refractivity contribution in [3.63, 3.8) is 0 Å². The van der Waals surface area contributed by atoms with E-state index >= 15 is 0 Å². The third-order valence-corrected chi connectivity index (χ3v) is 1.95. The molecule has 0 aliphatic heterocycles. The van der Waals surface area contributed by atoms with Crippen molar-refractivity contribution in [2.45, 2.75) is 6.42 Å². The average Bonchev–Trinajstić information content (AvgIpc) is 1.86. The third kappa shape index (κ3) is 0.673. The first kappa shape index (κ1) is 5.93. The summed E-state index contributed by atoms with van der Waals surface area (Å²) in [5.41, 5.74) is 1.92. The quantitative estimate of drug-likeness (QED) is 0.556. The number of ketones is 1. The third-order valence-electron chi connectivity index (χ3n) is 1.72. The molecule has 2 heteroatoms. The first-order valence-corrected chi connectivity index (χ1v) is 3.47. The first-order valence-electron chi connectivity index (χ1n) is 3.09. The number of Topliss-reactive ketones (excluding diaryl/α,β-unsaturated/α-hetero) is 1. The summed E-state index contributed by atoms with van der Waals surface area (Å²) in [7, 11) is 0. The Bertz CT molecular complexity index is 304. The molecule has 0 aromatic heterocycles. The van der Waals surface area contributed by atoms with Crippen molar-refractivity contribution >= 4 is 17.4 Å². The smallest absolute Gasteiger partial charge is 0.167 e. The van der Waals surface area contributed by atoms with Gasteiger partial charge in [-0.05, 0) is 23.8 Å². The van der Waals surface area contributed by atoms with Gasteiger partial charge >= 0.3 is 0 Å². The van der Waals surface area contributed by atoms with E-state index < -0.39 is 0 Å². The van der Waals surface area contributed by atoms with Crippen molar-refractivity contribution in [1.29, 1.82) is 0 Å². The molecule has 0 N–H and O–H groups in total. The Balaban J connectivity index is 2.59. The number of hydrogen-bond acceptors (Lipinski definition) is 1. The Morgan fingerprint density at radius 2 is 2.20 bits per heavy atom. The molecule has 1 aliphatic carbocycles. The molecule has 0 unspecified atom stereocenters. The van der Waals surface area contributed by atoms with Crippen LogP contribution in [0.2, 0.25) is 5.02 Å². The highest BCUT2D eigenvalue weighted by molar-refractivity contribution is 6.31. The largest absolute Gasteiger partial charge is 0.294 e. The molecule has 10 heavy (non-hydrogen) atoms. The lowest BCUT2D eigenvalue weighted by Crippen LogP contribution is -2.17. The molecule has 0 amide bonds. The lowest BCUT2D eigenvalue weighted by molar-refractivity contribution is 0.0968. The van der Waals surface area contributed by atoms with Gasteiger partial charge in [-0.15, -0.1) is 0 Å². The standard InChI is InChI=1S/C8H5ClO/c9-6-1-2-7-5(3-6)4-8(7)10/h1-3H,4H2. The molecule has 1 aromatic carbocycles. The van der Waals surface area contributed by atoms with E-state index in [0.29, 0.717) is 11.4 Å². The second-order valence-electron chi connectivity index (χ2n) is 2.40. The van der Waals surface area contributed by atoms with Crippen molar-refractivity contribution in [2.75, 3.05) is 0 Å². The minimum absolute atomic E-state index is 0.228. The van der Waals surface area contributed by atoms with Gasteiger partial charge in [-0.2, -0.15) is 0 Å². The Labute approximate surface area is 63.6 Å². The van der Waals surface area contributed by atoms with Crippen LogP contribution in [-0.2, 0) is 6.42 Å². The van der Waals surface area contributed by atoms with Crippen LogP contribution in [0.1, 0.15) is 15.9 Å². The van der Waals surface area contributed by atoms with Crippen LogP contribution in [0.25, 0.3) is 0 Å². The number of fused-ring (bicyclic) bond motifs is 1. The van der Waals surface area contributed by atoms with Gasteiger partial charge in [0.2, 0.25) is 0 Å². The summed E-state index contributed by atoms with van der Waals surface area (Å²) in [6.07, 6.45) is 0.565. The second-order valence-corrected chi connectivity index (χ2v) is 2.84. The van der Waals surface area contributed by atoms with E-state index in [9.17, 15) is 4.79 Å². The highest BCUT2D eigenvalue weighted by atomic mass is 35.5. The van der Waals surface area contributed by atoms with Gasteiger partial charge in [-0.1, -0.05) is 11.6 Å². The van der Waals surface area contributed by atoms with Gasteiger partial charge in [0, 0.05) is 17.0 Å². The van der Waals surface area contributed by atoms with Crippen LogP contribution in [-0.4, -0.2) is 5.78 Å². The Morgan fingerprint density at radius 3 is 2.80 bits per heavy atom.